The van der Waals surface area contributed by atoms with Gasteiger partial charge in [-0.3, -0.25) is 0 Å². The predicted octanol–water partition coefficient (Wildman–Crippen LogP) is 3.34. The average Bonchev–Trinajstić information content (AvgIpc) is 2.69. The van der Waals surface area contributed by atoms with Crippen LogP contribution in [0, 0.1) is 12.7 Å². The van der Waals surface area contributed by atoms with Gasteiger partial charge in [-0.05, 0) is 25.1 Å². The number of para-hydroxylation sites is 1. The van der Waals surface area contributed by atoms with Gasteiger partial charge in [0.15, 0.2) is 11.6 Å². The highest BCUT2D eigenvalue weighted by Gasteiger charge is 2.27. The molecule has 5 heteroatoms. The van der Waals surface area contributed by atoms with Gasteiger partial charge in [-0.15, -0.1) is 0 Å². The van der Waals surface area contributed by atoms with Gasteiger partial charge in [0.25, 0.3) is 0 Å². The lowest BCUT2D eigenvalue weighted by Gasteiger charge is -2.09. The molecule has 0 radical (unpaired) electrons. The molecule has 0 bridgehead atoms. The fourth-order valence-electron chi connectivity index (χ4n) is 2.29. The van der Waals surface area contributed by atoms with E-state index in [4.69, 9.17) is 4.74 Å². The summed E-state index contributed by atoms with van der Waals surface area (Å²) in [4.78, 5) is 0.278. The summed E-state index contributed by atoms with van der Waals surface area (Å²) in [5.74, 6) is -0.361. The molecule has 0 aliphatic carbocycles. The number of hydrogen-bond acceptors (Lipinski definition) is 3. The third kappa shape index (κ3) is 2.56. The molecule has 108 valence electrons. The van der Waals surface area contributed by atoms with E-state index in [-0.39, 0.29) is 17.3 Å². The van der Waals surface area contributed by atoms with Gasteiger partial charge in [0.1, 0.15) is 6.61 Å². The Labute approximate surface area is 122 Å². The molecule has 2 aromatic carbocycles. The minimum Gasteiger partial charge on any atom is -0.486 e. The maximum Gasteiger partial charge on any atom is 0.200 e. The molecule has 1 aliphatic rings. The number of hydrogen-bond donors (Lipinski definition) is 0. The molecule has 0 atom stereocenters. The van der Waals surface area contributed by atoms with Gasteiger partial charge >= 0.3 is 0 Å². The van der Waals surface area contributed by atoms with Crippen LogP contribution in [0.1, 0.15) is 11.1 Å². The minimum atomic E-state index is -3.42. The second-order valence-corrected chi connectivity index (χ2v) is 6.67. The van der Waals surface area contributed by atoms with Gasteiger partial charge in [-0.1, -0.05) is 29.8 Å². The van der Waals surface area contributed by atoms with Crippen molar-refractivity contribution in [2.75, 3.05) is 6.61 Å². The summed E-state index contributed by atoms with van der Waals surface area (Å²) >= 11 is 0. The summed E-state index contributed by atoms with van der Waals surface area (Å²) in [5, 5.41) is 1.19. The van der Waals surface area contributed by atoms with E-state index in [0.29, 0.717) is 11.1 Å². The Bertz CT molecular complexity index is 838. The zero-order chi connectivity index (χ0) is 15.0. The van der Waals surface area contributed by atoms with E-state index in [1.54, 1.807) is 30.3 Å². The first kappa shape index (κ1) is 13.8. The van der Waals surface area contributed by atoms with Crippen molar-refractivity contribution in [2.24, 2.45) is 0 Å². The van der Waals surface area contributed by atoms with E-state index in [0.717, 1.165) is 5.56 Å². The first-order valence-corrected chi connectivity index (χ1v) is 7.96. The molecule has 0 N–H and O–H groups in total. The van der Waals surface area contributed by atoms with Gasteiger partial charge in [-0.2, -0.15) is 0 Å². The number of ether oxygens (including phenoxy) is 1. The minimum absolute atomic E-state index is 0.0105. The van der Waals surface area contributed by atoms with Gasteiger partial charge in [-0.25, -0.2) is 12.8 Å². The second kappa shape index (κ2) is 5.00. The number of halogens is 1. The largest absolute Gasteiger partial charge is 0.486 e. The van der Waals surface area contributed by atoms with Crippen molar-refractivity contribution in [1.29, 1.82) is 0 Å². The van der Waals surface area contributed by atoms with Gasteiger partial charge in [0, 0.05) is 16.5 Å². The zero-order valence-electron chi connectivity index (χ0n) is 11.3. The van der Waals surface area contributed by atoms with Crippen LogP contribution < -0.4 is 4.74 Å². The molecule has 1 aliphatic heterocycles. The first-order valence-electron chi connectivity index (χ1n) is 6.41. The molecule has 0 amide bonds. The Morgan fingerprint density at radius 3 is 2.67 bits per heavy atom. The van der Waals surface area contributed by atoms with E-state index in [2.05, 4.69) is 0 Å². The average molecular weight is 304 g/mol. The van der Waals surface area contributed by atoms with E-state index < -0.39 is 15.7 Å². The molecule has 0 aromatic heterocycles. The Morgan fingerprint density at radius 1 is 1.14 bits per heavy atom. The van der Waals surface area contributed by atoms with Gasteiger partial charge in [0.05, 0.1) is 4.90 Å². The summed E-state index contributed by atoms with van der Waals surface area (Å²) in [6, 6.07) is 11.2. The highest BCUT2D eigenvalue weighted by molar-refractivity contribution is 7.95. The normalized spacial score (nSPS) is 15.4. The molecule has 0 saturated carbocycles. The molecular formula is C16H13FO3S. The highest BCUT2D eigenvalue weighted by atomic mass is 32.2. The van der Waals surface area contributed by atoms with Gasteiger partial charge in [0.2, 0.25) is 9.84 Å². The molecule has 3 nitrogen and oxygen atoms in total. The molecule has 1 heterocycles. The van der Waals surface area contributed by atoms with Crippen molar-refractivity contribution in [2.45, 2.75) is 11.8 Å². The van der Waals surface area contributed by atoms with Crippen molar-refractivity contribution >= 4 is 15.4 Å². The van der Waals surface area contributed by atoms with Crippen LogP contribution in [-0.2, 0) is 9.84 Å². The third-order valence-electron chi connectivity index (χ3n) is 3.30. The van der Waals surface area contributed by atoms with E-state index >= 15 is 0 Å². The number of benzene rings is 2. The maximum atomic E-state index is 13.5. The summed E-state index contributed by atoms with van der Waals surface area (Å²) in [6.45, 7) is 1.90. The fourth-order valence-corrected chi connectivity index (χ4v) is 3.74. The molecule has 21 heavy (non-hydrogen) atoms. The maximum absolute atomic E-state index is 13.5. The van der Waals surface area contributed by atoms with Crippen molar-refractivity contribution in [3.05, 3.63) is 64.8 Å². The Hall–Kier alpha value is -2.14. The number of sulfone groups is 1. The van der Waals surface area contributed by atoms with Crippen LogP contribution in [0.3, 0.4) is 0 Å². The predicted molar refractivity (Wildman–Crippen MR) is 78.2 cm³/mol. The lowest BCUT2D eigenvalue weighted by atomic mass is 10.1. The van der Waals surface area contributed by atoms with Crippen molar-refractivity contribution in [3.8, 4) is 5.75 Å². The van der Waals surface area contributed by atoms with Crippen LogP contribution in [0.25, 0.3) is 5.57 Å². The molecule has 2 aromatic rings. The highest BCUT2D eigenvalue weighted by Crippen LogP contribution is 2.34. The molecule has 3 rings (SSSR count). The Morgan fingerprint density at radius 2 is 1.90 bits per heavy atom. The molecule has 0 fully saturated rings. The van der Waals surface area contributed by atoms with Crippen molar-refractivity contribution in [1.82, 2.24) is 0 Å². The molecule has 0 saturated heterocycles. The summed E-state index contributed by atoms with van der Waals surface area (Å²) in [7, 11) is -3.42. The third-order valence-corrected chi connectivity index (χ3v) is 4.87. The summed E-state index contributed by atoms with van der Waals surface area (Å²) < 4.78 is 43.0. The Kier molecular flexibility index (Phi) is 3.29. The van der Waals surface area contributed by atoms with E-state index in [1.807, 2.05) is 6.92 Å². The van der Waals surface area contributed by atoms with Crippen LogP contribution in [0.5, 0.6) is 5.75 Å². The Balaban J connectivity index is 1.91. The van der Waals surface area contributed by atoms with E-state index in [1.165, 1.54) is 17.5 Å². The topological polar surface area (TPSA) is 43.4 Å². The monoisotopic (exact) mass is 304 g/mol. The summed E-state index contributed by atoms with van der Waals surface area (Å²) in [5.41, 5.74) is 2.13. The van der Waals surface area contributed by atoms with Crippen LogP contribution >= 0.6 is 0 Å². The smallest absolute Gasteiger partial charge is 0.200 e. The quantitative estimate of drug-likeness (QED) is 0.873. The first-order chi connectivity index (χ1) is 9.97. The number of aryl methyl sites for hydroxylation is 1. The molecule has 0 spiro atoms. The van der Waals surface area contributed by atoms with E-state index in [9.17, 15) is 12.8 Å². The summed E-state index contributed by atoms with van der Waals surface area (Å²) in [6.07, 6.45) is 0. The standard InChI is InChI=1S/C16H13FO3S/c1-11-6-7-16-13(8-11)12(10-21(16,18)19)9-20-15-5-3-2-4-14(15)17/h2-8,10H,9H2,1H3. The van der Waals surface area contributed by atoms with Crippen LogP contribution in [0.4, 0.5) is 4.39 Å². The van der Waals surface area contributed by atoms with Gasteiger partial charge < -0.3 is 4.74 Å². The number of rotatable bonds is 3. The zero-order valence-corrected chi connectivity index (χ0v) is 12.2. The fraction of sp³-hybridized carbons (Fsp3) is 0.125. The van der Waals surface area contributed by atoms with Crippen molar-refractivity contribution in [3.63, 3.8) is 0 Å². The van der Waals surface area contributed by atoms with Crippen LogP contribution in [-0.4, -0.2) is 15.0 Å². The second-order valence-electron chi connectivity index (χ2n) is 4.91. The lowest BCUT2D eigenvalue weighted by Crippen LogP contribution is -2.01. The lowest BCUT2D eigenvalue weighted by molar-refractivity contribution is 0.348. The number of fused-ring (bicyclic) bond motifs is 1. The van der Waals surface area contributed by atoms with Crippen LogP contribution in [0.15, 0.2) is 52.8 Å². The van der Waals surface area contributed by atoms with Crippen LogP contribution in [0.2, 0.25) is 0 Å². The molecule has 0 unspecified atom stereocenters. The molecular weight excluding hydrogens is 291 g/mol. The SMILES string of the molecule is Cc1ccc2c(c1)C(COc1ccccc1F)=CS2(=O)=O. The van der Waals surface area contributed by atoms with Crippen molar-refractivity contribution < 1.29 is 17.5 Å².